The molecule has 4 heteroatoms. The lowest BCUT2D eigenvalue weighted by Gasteiger charge is -2.05. The number of nitrogens with zero attached hydrogens (tertiary/aromatic N) is 1. The van der Waals surface area contributed by atoms with Gasteiger partial charge in [0.25, 0.3) is 0 Å². The zero-order chi connectivity index (χ0) is 11.7. The van der Waals surface area contributed by atoms with E-state index >= 15 is 0 Å². The number of fused-ring (bicyclic) bond motifs is 1. The number of aromatic nitrogens is 1. The van der Waals surface area contributed by atoms with Gasteiger partial charge in [0.05, 0.1) is 18.2 Å². The molecule has 1 aromatic carbocycles. The van der Waals surface area contributed by atoms with Crippen LogP contribution in [0, 0.1) is 0 Å². The smallest absolute Gasteiger partial charge is 0.337 e. The number of carboxylic acid groups (broad SMARTS) is 1. The van der Waals surface area contributed by atoms with Gasteiger partial charge in [0.1, 0.15) is 5.75 Å². The number of aryl methyl sites for hydroxylation is 1. The van der Waals surface area contributed by atoms with Crippen molar-refractivity contribution in [2.24, 2.45) is 0 Å². The van der Waals surface area contributed by atoms with Crippen molar-refractivity contribution in [1.29, 1.82) is 0 Å². The van der Waals surface area contributed by atoms with E-state index in [0.717, 1.165) is 5.52 Å². The summed E-state index contributed by atoms with van der Waals surface area (Å²) in [6.45, 7) is 2.68. The number of hydrogen-bond acceptors (Lipinski definition) is 2. The van der Waals surface area contributed by atoms with Crippen molar-refractivity contribution in [3.63, 3.8) is 0 Å². The van der Waals surface area contributed by atoms with E-state index in [1.807, 2.05) is 17.6 Å². The van der Waals surface area contributed by atoms with E-state index in [0.29, 0.717) is 23.2 Å². The zero-order valence-electron chi connectivity index (χ0n) is 9.23. The lowest BCUT2D eigenvalue weighted by Crippen LogP contribution is -1.95. The fourth-order valence-corrected chi connectivity index (χ4v) is 1.91. The van der Waals surface area contributed by atoms with Crippen molar-refractivity contribution in [1.82, 2.24) is 4.57 Å². The average Bonchev–Trinajstić information content (AvgIpc) is 2.67. The lowest BCUT2D eigenvalue weighted by atomic mass is 10.1. The highest BCUT2D eigenvalue weighted by Gasteiger charge is 2.15. The number of carbonyl (C=O) groups is 1. The van der Waals surface area contributed by atoms with E-state index in [4.69, 9.17) is 9.84 Å². The van der Waals surface area contributed by atoms with Gasteiger partial charge in [-0.25, -0.2) is 4.79 Å². The van der Waals surface area contributed by atoms with Gasteiger partial charge < -0.3 is 14.4 Å². The first-order chi connectivity index (χ1) is 7.69. The van der Waals surface area contributed by atoms with Crippen molar-refractivity contribution < 1.29 is 14.6 Å². The van der Waals surface area contributed by atoms with E-state index in [9.17, 15) is 4.79 Å². The van der Waals surface area contributed by atoms with Crippen molar-refractivity contribution in [2.45, 2.75) is 13.5 Å². The number of rotatable bonds is 3. The lowest BCUT2D eigenvalue weighted by molar-refractivity contribution is 0.0699. The van der Waals surface area contributed by atoms with Crippen LogP contribution in [0.5, 0.6) is 5.75 Å². The second-order valence-corrected chi connectivity index (χ2v) is 3.49. The summed E-state index contributed by atoms with van der Waals surface area (Å²) in [5, 5.41) is 9.82. The summed E-state index contributed by atoms with van der Waals surface area (Å²) < 4.78 is 7.14. The average molecular weight is 219 g/mol. The predicted octanol–water partition coefficient (Wildman–Crippen LogP) is 2.37. The summed E-state index contributed by atoms with van der Waals surface area (Å²) in [5.41, 5.74) is 1.15. The molecule has 0 unspecified atom stereocenters. The van der Waals surface area contributed by atoms with E-state index in [2.05, 4.69) is 0 Å². The molecule has 0 aliphatic heterocycles. The number of methoxy groups -OCH3 is 1. The minimum absolute atomic E-state index is 0.316. The van der Waals surface area contributed by atoms with Crippen molar-refractivity contribution in [3.8, 4) is 5.75 Å². The van der Waals surface area contributed by atoms with Crippen LogP contribution < -0.4 is 4.74 Å². The molecular weight excluding hydrogens is 206 g/mol. The van der Waals surface area contributed by atoms with Crippen LogP contribution in [0.1, 0.15) is 17.3 Å². The summed E-state index contributed by atoms with van der Waals surface area (Å²) >= 11 is 0. The maximum atomic E-state index is 11.1. The Morgan fingerprint density at radius 2 is 2.25 bits per heavy atom. The van der Waals surface area contributed by atoms with Crippen LogP contribution in [0.15, 0.2) is 24.4 Å². The molecule has 0 radical (unpaired) electrons. The maximum absolute atomic E-state index is 11.1. The van der Waals surface area contributed by atoms with Crippen LogP contribution in [0.25, 0.3) is 10.9 Å². The highest BCUT2D eigenvalue weighted by Crippen LogP contribution is 2.29. The van der Waals surface area contributed by atoms with Gasteiger partial charge in [-0.1, -0.05) is 12.1 Å². The molecule has 0 fully saturated rings. The molecule has 2 rings (SSSR count). The predicted molar refractivity (Wildman–Crippen MR) is 61.1 cm³/mol. The van der Waals surface area contributed by atoms with Crippen molar-refractivity contribution in [2.75, 3.05) is 7.11 Å². The minimum Gasteiger partial charge on any atom is -0.495 e. The highest BCUT2D eigenvalue weighted by molar-refractivity contribution is 6.05. The van der Waals surface area contributed by atoms with E-state index in [1.165, 1.54) is 0 Å². The van der Waals surface area contributed by atoms with E-state index < -0.39 is 5.97 Å². The topological polar surface area (TPSA) is 51.5 Å². The monoisotopic (exact) mass is 219 g/mol. The van der Waals surface area contributed by atoms with Gasteiger partial charge in [-0.15, -0.1) is 0 Å². The van der Waals surface area contributed by atoms with Gasteiger partial charge in [0, 0.05) is 18.1 Å². The molecular formula is C12H13NO3. The fraction of sp³-hybridized carbons (Fsp3) is 0.250. The Morgan fingerprint density at radius 1 is 1.50 bits per heavy atom. The van der Waals surface area contributed by atoms with Crippen LogP contribution in [-0.2, 0) is 6.54 Å². The van der Waals surface area contributed by atoms with Gasteiger partial charge in [-0.3, -0.25) is 0 Å². The molecule has 0 bridgehead atoms. The number of para-hydroxylation sites is 1. The number of aromatic carboxylic acids is 1. The van der Waals surface area contributed by atoms with Crippen LogP contribution in [0.4, 0.5) is 0 Å². The van der Waals surface area contributed by atoms with Gasteiger partial charge >= 0.3 is 5.97 Å². The fourth-order valence-electron chi connectivity index (χ4n) is 1.91. The van der Waals surface area contributed by atoms with Crippen molar-refractivity contribution in [3.05, 3.63) is 30.0 Å². The Morgan fingerprint density at radius 3 is 2.81 bits per heavy atom. The Bertz CT molecular complexity index is 542. The second kappa shape index (κ2) is 3.89. The Hall–Kier alpha value is -1.97. The highest BCUT2D eigenvalue weighted by atomic mass is 16.5. The maximum Gasteiger partial charge on any atom is 0.337 e. The molecule has 4 nitrogen and oxygen atoms in total. The molecule has 0 aliphatic rings. The van der Waals surface area contributed by atoms with Crippen LogP contribution in [0.3, 0.4) is 0 Å². The third-order valence-corrected chi connectivity index (χ3v) is 2.65. The van der Waals surface area contributed by atoms with Gasteiger partial charge in [0.2, 0.25) is 0 Å². The summed E-state index contributed by atoms with van der Waals surface area (Å²) in [6.07, 6.45) is 1.65. The molecule has 0 aliphatic carbocycles. The molecule has 84 valence electrons. The molecule has 2 aromatic rings. The van der Waals surface area contributed by atoms with Gasteiger partial charge in [-0.2, -0.15) is 0 Å². The summed E-state index contributed by atoms with van der Waals surface area (Å²) in [7, 11) is 1.59. The minimum atomic E-state index is -0.912. The second-order valence-electron chi connectivity index (χ2n) is 3.49. The van der Waals surface area contributed by atoms with Crippen molar-refractivity contribution >= 4 is 16.9 Å². The number of carboxylic acids is 1. The summed E-state index contributed by atoms with van der Waals surface area (Å²) in [6, 6.07) is 5.43. The molecule has 1 heterocycles. The molecule has 0 saturated heterocycles. The molecule has 0 amide bonds. The Labute approximate surface area is 93.1 Å². The van der Waals surface area contributed by atoms with Crippen LogP contribution in [-0.4, -0.2) is 22.8 Å². The Balaban J connectivity index is 2.84. The third-order valence-electron chi connectivity index (χ3n) is 2.65. The van der Waals surface area contributed by atoms with E-state index in [1.54, 1.807) is 25.4 Å². The number of benzene rings is 1. The number of ether oxygens (including phenoxy) is 1. The molecule has 0 saturated carbocycles. The molecule has 0 atom stereocenters. The first-order valence-electron chi connectivity index (χ1n) is 5.08. The Kier molecular flexibility index (Phi) is 2.56. The molecule has 1 aromatic heterocycles. The normalized spacial score (nSPS) is 10.6. The standard InChI is InChI=1S/C12H13NO3/c1-3-13-7-9(12(14)15)8-5-4-6-10(16-2)11(8)13/h4-7H,3H2,1-2H3,(H,14,15). The largest absolute Gasteiger partial charge is 0.495 e. The number of hydrogen-bond donors (Lipinski definition) is 1. The molecule has 1 N–H and O–H groups in total. The van der Waals surface area contributed by atoms with Crippen LogP contribution >= 0.6 is 0 Å². The van der Waals surface area contributed by atoms with E-state index in [-0.39, 0.29) is 0 Å². The summed E-state index contributed by atoms with van der Waals surface area (Å²) in [5.74, 6) is -0.211. The van der Waals surface area contributed by atoms with Gasteiger partial charge in [-0.05, 0) is 13.0 Å². The van der Waals surface area contributed by atoms with Crippen LogP contribution in [0.2, 0.25) is 0 Å². The summed E-state index contributed by atoms with van der Waals surface area (Å²) in [4.78, 5) is 11.1. The van der Waals surface area contributed by atoms with Gasteiger partial charge in [0.15, 0.2) is 0 Å². The SMILES string of the molecule is CCn1cc(C(=O)O)c2cccc(OC)c21. The third kappa shape index (κ3) is 1.43. The first-order valence-corrected chi connectivity index (χ1v) is 5.08. The molecule has 0 spiro atoms. The quantitative estimate of drug-likeness (QED) is 0.862. The zero-order valence-corrected chi connectivity index (χ0v) is 9.23. The molecule has 16 heavy (non-hydrogen) atoms. The first kappa shape index (κ1) is 10.5.